The van der Waals surface area contributed by atoms with Crippen LogP contribution < -0.4 is 5.73 Å². The first-order valence-electron chi connectivity index (χ1n) is 7.29. The predicted octanol–water partition coefficient (Wildman–Crippen LogP) is 2.58. The van der Waals surface area contributed by atoms with E-state index in [-0.39, 0.29) is 0 Å². The quantitative estimate of drug-likeness (QED) is 0.824. The Morgan fingerprint density at radius 3 is 2.92 bits per heavy atom. The number of aliphatic hydroxyl groups is 1. The molecule has 3 N–H and O–H groups in total. The van der Waals surface area contributed by atoms with Crippen LogP contribution in [0.25, 0.3) is 0 Å². The number of nitrogens with two attached hydrogens (primary N) is 1. The van der Waals surface area contributed by atoms with Crippen molar-refractivity contribution < 1.29 is 9.50 Å². The van der Waals surface area contributed by atoms with Gasteiger partial charge >= 0.3 is 0 Å². The van der Waals surface area contributed by atoms with Gasteiger partial charge in [-0.15, -0.1) is 0 Å². The second kappa shape index (κ2) is 7.53. The third kappa shape index (κ3) is 4.51. The van der Waals surface area contributed by atoms with Crippen molar-refractivity contribution in [1.29, 1.82) is 5.26 Å². The highest BCUT2D eigenvalue weighted by atomic mass is 19.1. The first kappa shape index (κ1) is 17.4. The number of rotatable bonds is 5. The van der Waals surface area contributed by atoms with E-state index in [0.717, 1.165) is 0 Å². The fourth-order valence-corrected chi connectivity index (χ4v) is 2.18. The van der Waals surface area contributed by atoms with Gasteiger partial charge in [-0.1, -0.05) is 0 Å². The van der Waals surface area contributed by atoms with E-state index in [4.69, 9.17) is 11.0 Å². The Morgan fingerprint density at radius 2 is 2.33 bits per heavy atom. The first-order valence-corrected chi connectivity index (χ1v) is 7.29. The number of halogens is 1. The van der Waals surface area contributed by atoms with Gasteiger partial charge in [0, 0.05) is 17.5 Å². The Bertz CT molecular complexity index is 826. The minimum atomic E-state index is -0.859. The molecule has 1 aromatic heterocycles. The average Bonchev–Trinajstić information content (AvgIpc) is 2.95. The van der Waals surface area contributed by atoms with E-state index >= 15 is 0 Å². The fraction of sp³-hybridized carbons (Fsp3) is 0.235. The molecule has 2 aromatic rings. The molecule has 124 valence electrons. The Labute approximate surface area is 139 Å². The molecule has 0 saturated heterocycles. The number of aromatic nitrogens is 2. The molecule has 0 fully saturated rings. The zero-order valence-electron chi connectivity index (χ0n) is 13.4. The van der Waals surface area contributed by atoms with Crippen LogP contribution in [0.2, 0.25) is 0 Å². The molecule has 0 bridgehead atoms. The molecule has 1 heterocycles. The van der Waals surface area contributed by atoms with E-state index in [1.807, 2.05) is 6.07 Å². The van der Waals surface area contributed by atoms with E-state index in [1.54, 1.807) is 30.7 Å². The number of hydrogen-bond donors (Lipinski definition) is 2. The van der Waals surface area contributed by atoms with Crippen molar-refractivity contribution in [2.75, 3.05) is 0 Å². The minimum absolute atomic E-state index is 0.300. The fourth-order valence-electron chi connectivity index (χ4n) is 2.18. The molecule has 0 aliphatic heterocycles. The Hall–Kier alpha value is -2.98. The minimum Gasteiger partial charge on any atom is -0.402 e. The van der Waals surface area contributed by atoms with E-state index < -0.39 is 11.9 Å². The summed E-state index contributed by atoms with van der Waals surface area (Å²) in [5, 5.41) is 18.7. The van der Waals surface area contributed by atoms with Gasteiger partial charge in [0.25, 0.3) is 0 Å². The highest BCUT2D eigenvalue weighted by Crippen LogP contribution is 2.26. The highest BCUT2D eigenvalue weighted by Gasteiger charge is 2.10. The van der Waals surface area contributed by atoms with Crippen LogP contribution in [0.3, 0.4) is 0 Å². The van der Waals surface area contributed by atoms with Crippen molar-refractivity contribution in [1.82, 2.24) is 9.55 Å². The van der Waals surface area contributed by atoms with Gasteiger partial charge in [0.1, 0.15) is 11.9 Å². The third-order valence-corrected chi connectivity index (χ3v) is 3.19. The first-order chi connectivity index (χ1) is 11.4. The molecular weight excluding hydrogens is 309 g/mol. The molecule has 0 spiro atoms. The zero-order valence-corrected chi connectivity index (χ0v) is 13.4. The van der Waals surface area contributed by atoms with E-state index in [2.05, 4.69) is 9.98 Å². The van der Waals surface area contributed by atoms with Crippen LogP contribution in [0.15, 0.2) is 47.5 Å². The van der Waals surface area contributed by atoms with E-state index in [1.165, 1.54) is 24.5 Å². The number of nitrogens with zero attached hydrogens (tertiary/aromatic N) is 4. The summed E-state index contributed by atoms with van der Waals surface area (Å²) in [6.45, 7) is 3.61. The van der Waals surface area contributed by atoms with Crippen LogP contribution in [0.5, 0.6) is 0 Å². The Kier molecular flexibility index (Phi) is 5.45. The van der Waals surface area contributed by atoms with Crippen LogP contribution in [0.4, 0.5) is 10.1 Å². The Morgan fingerprint density at radius 1 is 1.58 bits per heavy atom. The number of allylic oxidation sites excluding steroid dienone is 2. The summed E-state index contributed by atoms with van der Waals surface area (Å²) in [5.74, 6) is -0.440. The van der Waals surface area contributed by atoms with Crippen LogP contribution in [0.1, 0.15) is 31.2 Å². The number of nitriles is 1. The van der Waals surface area contributed by atoms with E-state index in [9.17, 15) is 9.50 Å². The van der Waals surface area contributed by atoms with Gasteiger partial charge < -0.3 is 15.4 Å². The smallest absolute Gasteiger partial charge is 0.158 e. The van der Waals surface area contributed by atoms with Crippen molar-refractivity contribution in [3.05, 3.63) is 59.6 Å². The second-order valence-corrected chi connectivity index (χ2v) is 5.41. The van der Waals surface area contributed by atoms with Gasteiger partial charge in [-0.05, 0) is 38.1 Å². The molecule has 1 atom stereocenters. The van der Waals surface area contributed by atoms with Crippen molar-refractivity contribution in [3.8, 4) is 6.07 Å². The summed E-state index contributed by atoms with van der Waals surface area (Å²) in [7, 11) is 0. The lowest BCUT2D eigenvalue weighted by molar-refractivity contribution is 0.199. The molecule has 0 amide bonds. The molecule has 6 nitrogen and oxygen atoms in total. The molecule has 24 heavy (non-hydrogen) atoms. The molecule has 0 aliphatic rings. The summed E-state index contributed by atoms with van der Waals surface area (Å²) in [5.41, 5.74) is 8.03. The molecule has 7 heteroatoms. The second-order valence-electron chi connectivity index (χ2n) is 5.41. The molecule has 0 radical (unpaired) electrons. The van der Waals surface area contributed by atoms with Crippen molar-refractivity contribution in [3.63, 3.8) is 0 Å². The maximum Gasteiger partial charge on any atom is 0.158 e. The summed E-state index contributed by atoms with van der Waals surface area (Å²) >= 11 is 0. The highest BCUT2D eigenvalue weighted by molar-refractivity contribution is 5.97. The molecule has 0 aliphatic carbocycles. The van der Waals surface area contributed by atoms with Gasteiger partial charge in [-0.25, -0.2) is 9.37 Å². The standard InChI is InChI=1S/C17H18FN5O/c1-11(20)5-14(8-23-9-15(7-19)21-10-23)22-17-4-3-13(18)6-16(17)12(2)24/h3-6,9-10,12,24H,8,20H2,1-2H3. The molecule has 1 unspecified atom stereocenters. The summed E-state index contributed by atoms with van der Waals surface area (Å²) in [4.78, 5) is 8.43. The van der Waals surface area contributed by atoms with Gasteiger partial charge in [0.2, 0.25) is 0 Å². The molecule has 0 saturated carbocycles. The van der Waals surface area contributed by atoms with Gasteiger partial charge in [-0.3, -0.25) is 4.99 Å². The number of aliphatic imine (C=N–C) groups is 1. The number of benzene rings is 1. The third-order valence-electron chi connectivity index (χ3n) is 3.19. The largest absolute Gasteiger partial charge is 0.402 e. The molecular formula is C17H18FN5O. The molecule has 1 aromatic carbocycles. The van der Waals surface area contributed by atoms with Crippen LogP contribution >= 0.6 is 0 Å². The SMILES string of the molecule is CC(N)=CC(Cn1cnc(C#N)c1)=Nc1ccc(F)cc1C(C)O. The number of aliphatic hydroxyl groups excluding tert-OH is 1. The average molecular weight is 327 g/mol. The van der Waals surface area contributed by atoms with Crippen molar-refractivity contribution >= 4 is 11.4 Å². The lowest BCUT2D eigenvalue weighted by Gasteiger charge is -2.11. The Balaban J connectivity index is 2.43. The van der Waals surface area contributed by atoms with Crippen LogP contribution in [-0.4, -0.2) is 20.4 Å². The lowest BCUT2D eigenvalue weighted by Crippen LogP contribution is -2.09. The lowest BCUT2D eigenvalue weighted by atomic mass is 10.1. The van der Waals surface area contributed by atoms with Crippen LogP contribution in [-0.2, 0) is 6.54 Å². The predicted molar refractivity (Wildman–Crippen MR) is 89.0 cm³/mol. The van der Waals surface area contributed by atoms with Crippen LogP contribution in [0, 0.1) is 17.1 Å². The van der Waals surface area contributed by atoms with Crippen molar-refractivity contribution in [2.45, 2.75) is 26.5 Å². The molecule has 2 rings (SSSR count). The van der Waals surface area contributed by atoms with E-state index in [0.29, 0.717) is 34.9 Å². The maximum atomic E-state index is 13.4. The summed E-state index contributed by atoms with van der Waals surface area (Å²) < 4.78 is 15.1. The topological polar surface area (TPSA) is 100 Å². The zero-order chi connectivity index (χ0) is 17.7. The van der Waals surface area contributed by atoms with Crippen molar-refractivity contribution in [2.24, 2.45) is 10.7 Å². The number of hydrogen-bond acceptors (Lipinski definition) is 5. The monoisotopic (exact) mass is 327 g/mol. The van der Waals surface area contributed by atoms with Gasteiger partial charge in [0.15, 0.2) is 5.69 Å². The van der Waals surface area contributed by atoms with Gasteiger partial charge in [-0.2, -0.15) is 5.26 Å². The maximum absolute atomic E-state index is 13.4. The number of imidazole rings is 1. The normalized spacial score (nSPS) is 13.6. The summed E-state index contributed by atoms with van der Waals surface area (Å²) in [6, 6.07) is 6.00. The summed E-state index contributed by atoms with van der Waals surface area (Å²) in [6.07, 6.45) is 3.94. The van der Waals surface area contributed by atoms with Gasteiger partial charge in [0.05, 0.1) is 30.4 Å².